The highest BCUT2D eigenvalue weighted by Gasteiger charge is 2.18. The first-order valence-electron chi connectivity index (χ1n) is 10.1. The summed E-state index contributed by atoms with van der Waals surface area (Å²) >= 11 is 0. The number of hydrogen-bond acceptors (Lipinski definition) is 5. The van der Waals surface area contributed by atoms with E-state index in [-0.39, 0.29) is 25.7 Å². The Morgan fingerprint density at radius 1 is 0.710 bits per heavy atom. The van der Waals surface area contributed by atoms with Crippen molar-refractivity contribution in [2.75, 3.05) is 6.79 Å². The summed E-state index contributed by atoms with van der Waals surface area (Å²) in [6, 6.07) is 27.2. The maximum Gasteiger partial charge on any atom is 0.357 e. The first kappa shape index (κ1) is 20.7. The van der Waals surface area contributed by atoms with Crippen LogP contribution in [-0.4, -0.2) is 17.7 Å². The molecule has 0 amide bonds. The topological polar surface area (TPSA) is 57.7 Å². The van der Waals surface area contributed by atoms with Crippen LogP contribution >= 0.6 is 0 Å². The molecule has 4 rings (SSSR count). The van der Waals surface area contributed by atoms with E-state index >= 15 is 0 Å². The molecule has 0 saturated carbocycles. The van der Waals surface area contributed by atoms with Crippen molar-refractivity contribution in [2.45, 2.75) is 19.8 Å². The summed E-state index contributed by atoms with van der Waals surface area (Å²) in [5.41, 5.74) is 2.95. The van der Waals surface area contributed by atoms with Gasteiger partial charge in [-0.2, -0.15) is 0 Å². The maximum atomic E-state index is 12.8. The van der Waals surface area contributed by atoms with Gasteiger partial charge in [-0.1, -0.05) is 84.9 Å². The molecule has 0 aliphatic carbocycles. The van der Waals surface area contributed by atoms with Gasteiger partial charge in [0.25, 0.3) is 0 Å². The molecule has 1 heterocycles. The Morgan fingerprint density at radius 3 is 2.06 bits per heavy atom. The van der Waals surface area contributed by atoms with Gasteiger partial charge in [0.05, 0.1) is 13.2 Å². The van der Waals surface area contributed by atoms with Gasteiger partial charge in [0.2, 0.25) is 0 Å². The first-order chi connectivity index (χ1) is 15.3. The zero-order valence-corrected chi connectivity index (χ0v) is 17.1. The summed E-state index contributed by atoms with van der Waals surface area (Å²) in [6.45, 7) is 0.949. The number of ether oxygens (including phenoxy) is 3. The second-order valence-electron chi connectivity index (χ2n) is 7.03. The average molecular weight is 413 g/mol. The minimum absolute atomic E-state index is 0.108. The van der Waals surface area contributed by atoms with Crippen molar-refractivity contribution in [2.24, 2.45) is 0 Å². The number of fused-ring (bicyclic) bond motifs is 1. The Bertz CT molecular complexity index is 1130. The van der Waals surface area contributed by atoms with Crippen LogP contribution < -0.4 is 0 Å². The van der Waals surface area contributed by atoms with Gasteiger partial charge >= 0.3 is 5.97 Å². The Kier molecular flexibility index (Phi) is 7.00. The van der Waals surface area contributed by atoms with Crippen LogP contribution in [0.25, 0.3) is 10.8 Å². The lowest BCUT2D eigenvalue weighted by atomic mass is 10.0. The molecule has 0 atom stereocenters. The molecule has 0 saturated heterocycles. The van der Waals surface area contributed by atoms with Crippen molar-refractivity contribution in [1.29, 1.82) is 0 Å². The van der Waals surface area contributed by atoms with Crippen LogP contribution in [0.1, 0.15) is 27.2 Å². The fraction of sp³-hybridized carbons (Fsp3) is 0.154. The monoisotopic (exact) mass is 413 g/mol. The zero-order chi connectivity index (χ0) is 21.3. The largest absolute Gasteiger partial charge is 0.456 e. The van der Waals surface area contributed by atoms with Crippen molar-refractivity contribution >= 4 is 16.7 Å². The molecular formula is C26H23NO4. The summed E-state index contributed by atoms with van der Waals surface area (Å²) in [6.07, 6.45) is 1.68. The molecule has 5 heteroatoms. The summed E-state index contributed by atoms with van der Waals surface area (Å²) in [5.74, 6) is -0.474. The second kappa shape index (κ2) is 10.5. The van der Waals surface area contributed by atoms with E-state index in [1.54, 1.807) is 6.20 Å². The number of aromatic nitrogens is 1. The van der Waals surface area contributed by atoms with Gasteiger partial charge in [0, 0.05) is 17.1 Å². The van der Waals surface area contributed by atoms with Crippen LogP contribution in [0.5, 0.6) is 0 Å². The lowest BCUT2D eigenvalue weighted by Gasteiger charge is -2.13. The van der Waals surface area contributed by atoms with Gasteiger partial charge in [0.15, 0.2) is 5.69 Å². The molecule has 3 aromatic carbocycles. The van der Waals surface area contributed by atoms with E-state index < -0.39 is 5.97 Å². The predicted octanol–water partition coefficient (Wildman–Crippen LogP) is 5.28. The zero-order valence-electron chi connectivity index (χ0n) is 17.1. The van der Waals surface area contributed by atoms with Crippen LogP contribution in [-0.2, 0) is 34.0 Å². The minimum Gasteiger partial charge on any atom is -0.456 e. The van der Waals surface area contributed by atoms with Crippen LogP contribution in [0.15, 0.2) is 91.1 Å². The average Bonchev–Trinajstić information content (AvgIpc) is 2.83. The highest BCUT2D eigenvalue weighted by atomic mass is 16.7. The van der Waals surface area contributed by atoms with Crippen LogP contribution in [0, 0.1) is 0 Å². The van der Waals surface area contributed by atoms with E-state index in [4.69, 9.17) is 14.2 Å². The predicted molar refractivity (Wildman–Crippen MR) is 118 cm³/mol. The van der Waals surface area contributed by atoms with Gasteiger partial charge in [0.1, 0.15) is 13.4 Å². The number of carbonyl (C=O) groups excluding carboxylic acids is 1. The SMILES string of the molecule is O=C(OCc1ccccc1)c1ncc2ccccc2c1COCOCc1ccccc1. The third-order valence-electron chi connectivity index (χ3n) is 4.84. The molecule has 0 bridgehead atoms. The standard InChI is InChI=1S/C26H23NO4/c28-26(31-17-21-11-5-2-6-12-21)25-24(23-14-8-7-13-22(23)15-27-25)18-30-19-29-16-20-9-3-1-4-10-20/h1-15H,16-19H2. The van der Waals surface area contributed by atoms with Crippen molar-refractivity contribution < 1.29 is 19.0 Å². The van der Waals surface area contributed by atoms with E-state index in [2.05, 4.69) is 4.98 Å². The van der Waals surface area contributed by atoms with E-state index in [1.165, 1.54) is 0 Å². The third kappa shape index (κ3) is 5.54. The van der Waals surface area contributed by atoms with E-state index in [1.807, 2.05) is 84.9 Å². The number of benzene rings is 3. The molecule has 156 valence electrons. The normalized spacial score (nSPS) is 10.8. The second-order valence-corrected chi connectivity index (χ2v) is 7.03. The van der Waals surface area contributed by atoms with Gasteiger partial charge < -0.3 is 14.2 Å². The van der Waals surface area contributed by atoms with E-state index in [9.17, 15) is 4.79 Å². The van der Waals surface area contributed by atoms with Gasteiger partial charge in [-0.3, -0.25) is 0 Å². The maximum absolute atomic E-state index is 12.8. The molecule has 0 radical (unpaired) electrons. The molecule has 0 aliphatic rings. The summed E-state index contributed by atoms with van der Waals surface area (Å²) in [5, 5.41) is 1.85. The Hall–Kier alpha value is -3.54. The number of esters is 1. The molecule has 0 N–H and O–H groups in total. The molecule has 0 unspecified atom stereocenters. The molecule has 0 aliphatic heterocycles. The van der Waals surface area contributed by atoms with Crippen molar-refractivity contribution in [3.05, 3.63) is 114 Å². The smallest absolute Gasteiger partial charge is 0.357 e. The number of hydrogen-bond donors (Lipinski definition) is 0. The van der Waals surface area contributed by atoms with Crippen LogP contribution in [0.2, 0.25) is 0 Å². The summed E-state index contributed by atoms with van der Waals surface area (Å²) < 4.78 is 16.8. The van der Waals surface area contributed by atoms with Gasteiger partial charge in [-0.05, 0) is 16.5 Å². The highest BCUT2D eigenvalue weighted by Crippen LogP contribution is 2.22. The summed E-state index contributed by atoms with van der Waals surface area (Å²) in [4.78, 5) is 17.2. The van der Waals surface area contributed by atoms with E-state index in [0.717, 1.165) is 21.9 Å². The number of carbonyl (C=O) groups is 1. The number of nitrogens with zero attached hydrogens (tertiary/aromatic N) is 1. The molecule has 4 aromatic rings. The molecule has 0 spiro atoms. The van der Waals surface area contributed by atoms with Gasteiger partial charge in [-0.25, -0.2) is 9.78 Å². The van der Waals surface area contributed by atoms with Crippen LogP contribution in [0.3, 0.4) is 0 Å². The Morgan fingerprint density at radius 2 is 1.32 bits per heavy atom. The van der Waals surface area contributed by atoms with Crippen molar-refractivity contribution in [3.63, 3.8) is 0 Å². The third-order valence-corrected chi connectivity index (χ3v) is 4.84. The molecule has 31 heavy (non-hydrogen) atoms. The van der Waals surface area contributed by atoms with E-state index in [0.29, 0.717) is 12.2 Å². The first-order valence-corrected chi connectivity index (χ1v) is 10.1. The number of rotatable bonds is 9. The fourth-order valence-electron chi connectivity index (χ4n) is 3.27. The highest BCUT2D eigenvalue weighted by molar-refractivity contribution is 5.96. The lowest BCUT2D eigenvalue weighted by Crippen LogP contribution is -2.13. The van der Waals surface area contributed by atoms with Crippen molar-refractivity contribution in [1.82, 2.24) is 4.98 Å². The van der Waals surface area contributed by atoms with Crippen molar-refractivity contribution in [3.8, 4) is 0 Å². The van der Waals surface area contributed by atoms with Gasteiger partial charge in [-0.15, -0.1) is 0 Å². The Balaban J connectivity index is 1.44. The number of pyridine rings is 1. The molecular weight excluding hydrogens is 390 g/mol. The quantitative estimate of drug-likeness (QED) is 0.212. The Labute approximate surface area is 181 Å². The summed E-state index contributed by atoms with van der Waals surface area (Å²) in [7, 11) is 0. The van der Waals surface area contributed by atoms with Crippen LogP contribution in [0.4, 0.5) is 0 Å². The lowest BCUT2D eigenvalue weighted by molar-refractivity contribution is -0.0689. The fourth-order valence-corrected chi connectivity index (χ4v) is 3.27. The molecule has 1 aromatic heterocycles. The molecule has 0 fully saturated rings. The molecule has 5 nitrogen and oxygen atoms in total. The minimum atomic E-state index is -0.474.